The van der Waals surface area contributed by atoms with Gasteiger partial charge in [0.1, 0.15) is 11.3 Å². The third-order valence-electron chi connectivity index (χ3n) is 4.80. The van der Waals surface area contributed by atoms with Crippen LogP contribution in [0.4, 0.5) is 4.39 Å². The third-order valence-corrected chi connectivity index (χ3v) is 5.14. The van der Waals surface area contributed by atoms with Gasteiger partial charge in [-0.1, -0.05) is 56.6 Å². The van der Waals surface area contributed by atoms with E-state index in [9.17, 15) is 9.18 Å². The maximum absolute atomic E-state index is 14.3. The number of carbonyl (C=O) groups excluding carboxylic acids is 1. The van der Waals surface area contributed by atoms with Gasteiger partial charge in [-0.05, 0) is 42.2 Å². The maximum Gasteiger partial charge on any atom is 0.246 e. The molecule has 0 radical (unpaired) electrons. The van der Waals surface area contributed by atoms with Gasteiger partial charge in [0.05, 0.1) is 12.1 Å². The normalized spacial score (nSPS) is 11.7. The van der Waals surface area contributed by atoms with Crippen LogP contribution in [0.2, 0.25) is 5.02 Å². The van der Waals surface area contributed by atoms with Gasteiger partial charge in [0.2, 0.25) is 5.91 Å². The molecule has 0 bridgehead atoms. The van der Waals surface area contributed by atoms with Crippen LogP contribution < -0.4 is 0 Å². The molecule has 0 unspecified atom stereocenters. The average molecular weight is 428 g/mol. The van der Waals surface area contributed by atoms with Crippen LogP contribution >= 0.6 is 11.6 Å². The SMILES string of the molecule is CCCn1c(CN(CC(C)C)C(=O)C=Cc2ccccc2Cl)nc2c(F)cccc21. The summed E-state index contributed by atoms with van der Waals surface area (Å²) in [4.78, 5) is 19.3. The van der Waals surface area contributed by atoms with E-state index in [1.165, 1.54) is 12.1 Å². The summed E-state index contributed by atoms with van der Waals surface area (Å²) in [5.74, 6) is 0.503. The van der Waals surface area contributed by atoms with Gasteiger partial charge in [0, 0.05) is 24.2 Å². The number of rotatable bonds is 8. The molecule has 0 aliphatic heterocycles. The lowest BCUT2D eigenvalue weighted by molar-refractivity contribution is -0.127. The first-order valence-electron chi connectivity index (χ1n) is 10.3. The Labute approximate surface area is 182 Å². The zero-order valence-corrected chi connectivity index (χ0v) is 18.4. The van der Waals surface area contributed by atoms with E-state index in [2.05, 4.69) is 25.8 Å². The number of imidazole rings is 1. The Morgan fingerprint density at radius 2 is 2.00 bits per heavy atom. The fourth-order valence-corrected chi connectivity index (χ4v) is 3.67. The summed E-state index contributed by atoms with van der Waals surface area (Å²) in [5, 5.41) is 0.595. The first-order valence-corrected chi connectivity index (χ1v) is 10.6. The van der Waals surface area contributed by atoms with Crippen LogP contribution in [0, 0.1) is 11.7 Å². The minimum atomic E-state index is -0.344. The van der Waals surface area contributed by atoms with E-state index in [-0.39, 0.29) is 17.6 Å². The van der Waals surface area contributed by atoms with Crippen LogP contribution in [-0.4, -0.2) is 26.9 Å². The molecule has 30 heavy (non-hydrogen) atoms. The number of carbonyl (C=O) groups is 1. The number of nitrogens with zero attached hydrogens (tertiary/aromatic N) is 3. The Bertz CT molecular complexity index is 1060. The molecule has 0 spiro atoms. The van der Waals surface area contributed by atoms with Crippen molar-refractivity contribution >= 4 is 34.6 Å². The zero-order valence-electron chi connectivity index (χ0n) is 17.6. The van der Waals surface area contributed by atoms with Crippen LogP contribution in [-0.2, 0) is 17.9 Å². The highest BCUT2D eigenvalue weighted by atomic mass is 35.5. The molecule has 158 valence electrons. The maximum atomic E-state index is 14.3. The summed E-state index contributed by atoms with van der Waals surface area (Å²) < 4.78 is 16.3. The number of aromatic nitrogens is 2. The van der Waals surface area contributed by atoms with Gasteiger partial charge in [-0.15, -0.1) is 0 Å². The Morgan fingerprint density at radius 1 is 1.23 bits per heavy atom. The second-order valence-corrected chi connectivity index (χ2v) is 8.16. The minimum Gasteiger partial charge on any atom is -0.331 e. The molecule has 2 aromatic carbocycles. The molecule has 1 aromatic heterocycles. The second-order valence-electron chi connectivity index (χ2n) is 7.75. The molecule has 0 N–H and O–H groups in total. The van der Waals surface area contributed by atoms with Crippen molar-refractivity contribution in [1.82, 2.24) is 14.5 Å². The number of fused-ring (bicyclic) bond motifs is 1. The molecule has 0 fully saturated rings. The molecule has 1 heterocycles. The van der Waals surface area contributed by atoms with E-state index in [0.29, 0.717) is 36.0 Å². The highest BCUT2D eigenvalue weighted by Crippen LogP contribution is 2.22. The van der Waals surface area contributed by atoms with Crippen LogP contribution in [0.5, 0.6) is 0 Å². The van der Waals surface area contributed by atoms with Gasteiger partial charge < -0.3 is 9.47 Å². The van der Waals surface area contributed by atoms with Crippen LogP contribution in [0.25, 0.3) is 17.1 Å². The quantitative estimate of drug-likeness (QED) is 0.417. The molecule has 0 saturated carbocycles. The van der Waals surface area contributed by atoms with E-state index in [1.54, 1.807) is 23.1 Å². The van der Waals surface area contributed by atoms with Gasteiger partial charge >= 0.3 is 0 Å². The Hall–Kier alpha value is -2.66. The number of hydrogen-bond donors (Lipinski definition) is 0. The van der Waals surface area contributed by atoms with Gasteiger partial charge in [-0.2, -0.15) is 0 Å². The van der Waals surface area contributed by atoms with Gasteiger partial charge in [0.15, 0.2) is 5.82 Å². The smallest absolute Gasteiger partial charge is 0.246 e. The van der Waals surface area contributed by atoms with Gasteiger partial charge in [-0.25, -0.2) is 9.37 Å². The summed E-state index contributed by atoms with van der Waals surface area (Å²) >= 11 is 6.19. The van der Waals surface area contributed by atoms with E-state index in [1.807, 2.05) is 28.8 Å². The Kier molecular flexibility index (Phi) is 7.27. The summed E-state index contributed by atoms with van der Waals surface area (Å²) in [6, 6.07) is 12.4. The first kappa shape index (κ1) is 22.0. The predicted molar refractivity (Wildman–Crippen MR) is 121 cm³/mol. The number of benzene rings is 2. The molecule has 6 heteroatoms. The largest absolute Gasteiger partial charge is 0.331 e. The highest BCUT2D eigenvalue weighted by Gasteiger charge is 2.19. The fourth-order valence-electron chi connectivity index (χ4n) is 3.48. The monoisotopic (exact) mass is 427 g/mol. The van der Waals surface area contributed by atoms with Crippen molar-refractivity contribution in [3.8, 4) is 0 Å². The van der Waals surface area contributed by atoms with Crippen LogP contribution in [0.3, 0.4) is 0 Å². The summed E-state index contributed by atoms with van der Waals surface area (Å²) in [5.41, 5.74) is 1.90. The number of aryl methyl sites for hydroxylation is 1. The van der Waals surface area contributed by atoms with Crippen molar-refractivity contribution in [3.05, 3.63) is 70.8 Å². The number of halogens is 2. The molecule has 0 aliphatic rings. The van der Waals surface area contributed by atoms with Crippen LogP contribution in [0.15, 0.2) is 48.5 Å². The first-order chi connectivity index (χ1) is 14.4. The molecule has 3 aromatic rings. The van der Waals surface area contributed by atoms with Crippen molar-refractivity contribution in [1.29, 1.82) is 0 Å². The topological polar surface area (TPSA) is 38.1 Å². The fraction of sp³-hybridized carbons (Fsp3) is 0.333. The lowest BCUT2D eigenvalue weighted by Crippen LogP contribution is -2.33. The standard InChI is InChI=1S/C24H27ClFN3O/c1-4-14-29-21-11-7-10-20(26)24(21)27-22(29)16-28(15-17(2)3)23(30)13-12-18-8-5-6-9-19(18)25/h5-13,17H,4,14-16H2,1-3H3. The van der Waals surface area contributed by atoms with E-state index < -0.39 is 0 Å². The Morgan fingerprint density at radius 3 is 2.70 bits per heavy atom. The Balaban J connectivity index is 1.91. The van der Waals surface area contributed by atoms with Gasteiger partial charge in [-0.3, -0.25) is 4.79 Å². The molecule has 0 saturated heterocycles. The van der Waals surface area contributed by atoms with Crippen molar-refractivity contribution in [2.45, 2.75) is 40.3 Å². The molecular formula is C24H27ClFN3O. The second kappa shape index (κ2) is 9.90. The van der Waals surface area contributed by atoms with Gasteiger partial charge in [0.25, 0.3) is 0 Å². The summed E-state index contributed by atoms with van der Waals surface area (Å²) in [6.45, 7) is 7.80. The molecular weight excluding hydrogens is 401 g/mol. The number of hydrogen-bond acceptors (Lipinski definition) is 2. The number of para-hydroxylation sites is 1. The molecule has 4 nitrogen and oxygen atoms in total. The highest BCUT2D eigenvalue weighted by molar-refractivity contribution is 6.32. The van der Waals surface area contributed by atoms with Crippen molar-refractivity contribution in [3.63, 3.8) is 0 Å². The molecule has 0 atom stereocenters. The van der Waals surface area contributed by atoms with Crippen molar-refractivity contribution in [2.75, 3.05) is 6.54 Å². The molecule has 1 amide bonds. The summed E-state index contributed by atoms with van der Waals surface area (Å²) in [6.07, 6.45) is 4.16. The average Bonchev–Trinajstić information content (AvgIpc) is 3.05. The lowest BCUT2D eigenvalue weighted by atomic mass is 10.2. The van der Waals surface area contributed by atoms with E-state index in [0.717, 1.165) is 17.5 Å². The van der Waals surface area contributed by atoms with E-state index in [4.69, 9.17) is 11.6 Å². The summed E-state index contributed by atoms with van der Waals surface area (Å²) in [7, 11) is 0. The molecule has 3 rings (SSSR count). The molecule has 0 aliphatic carbocycles. The van der Waals surface area contributed by atoms with Crippen LogP contribution in [0.1, 0.15) is 38.6 Å². The zero-order chi connectivity index (χ0) is 21.7. The van der Waals surface area contributed by atoms with E-state index >= 15 is 0 Å². The third kappa shape index (κ3) is 5.08. The van der Waals surface area contributed by atoms with Crippen molar-refractivity contribution in [2.24, 2.45) is 5.92 Å². The predicted octanol–water partition coefficient (Wildman–Crippen LogP) is 5.94. The lowest BCUT2D eigenvalue weighted by Gasteiger charge is -2.23. The minimum absolute atomic E-state index is 0.126. The van der Waals surface area contributed by atoms with Crippen molar-refractivity contribution < 1.29 is 9.18 Å². The number of amides is 1.